The number of hydrogen-bond donors (Lipinski definition) is 1. The van der Waals surface area contributed by atoms with Gasteiger partial charge in [-0.05, 0) is 72.8 Å². The second-order valence-corrected chi connectivity index (χ2v) is 9.85. The first kappa shape index (κ1) is 29.1. The molecule has 0 fully saturated rings. The first-order chi connectivity index (χ1) is 16.7. The maximum Gasteiger partial charge on any atom is 0.165 e. The predicted octanol–water partition coefficient (Wildman–Crippen LogP) is 6.74. The fourth-order valence-corrected chi connectivity index (χ4v) is 3.86. The molecule has 0 bridgehead atoms. The molecule has 1 N–H and O–H groups in total. The van der Waals surface area contributed by atoms with Gasteiger partial charge in [-0.25, -0.2) is 28.7 Å². The van der Waals surface area contributed by atoms with E-state index in [1.807, 2.05) is 22.6 Å². The van der Waals surface area contributed by atoms with Crippen molar-refractivity contribution in [2.45, 2.75) is 27.1 Å². The topological polar surface area (TPSA) is 81.0 Å². The number of ether oxygens (including phenoxy) is 1. The van der Waals surface area contributed by atoms with Crippen LogP contribution in [0.1, 0.15) is 22.8 Å². The van der Waals surface area contributed by atoms with Crippen LogP contribution in [-0.2, 0) is 13.2 Å². The van der Waals surface area contributed by atoms with Crippen molar-refractivity contribution in [3.8, 4) is 5.75 Å². The molecule has 4 aromatic rings. The molecule has 0 spiro atoms. The number of aryl methyl sites for hydroxylation is 2. The molecule has 0 unspecified atom stereocenters. The van der Waals surface area contributed by atoms with Crippen molar-refractivity contribution in [1.82, 2.24) is 19.9 Å². The summed E-state index contributed by atoms with van der Waals surface area (Å²) >= 11 is 8.43. The number of nitrogens with zero attached hydrogens (tertiary/aromatic N) is 4. The van der Waals surface area contributed by atoms with E-state index in [2.05, 4.69) is 51.8 Å². The van der Waals surface area contributed by atoms with Crippen LogP contribution in [0.2, 0.25) is 0 Å². The third kappa shape index (κ3) is 11.0. The molecule has 2 aromatic heterocycles. The largest absolute Gasteiger partial charge is 0.486 e. The number of aliphatic hydroxyl groups excluding tert-OH is 1. The maximum absolute atomic E-state index is 13.4. The normalized spacial score (nSPS) is 9.94. The van der Waals surface area contributed by atoms with Crippen LogP contribution in [0.4, 0.5) is 8.78 Å². The highest BCUT2D eigenvalue weighted by atomic mass is 127. The fraction of sp³-hybridized carbons (Fsp3) is 0.167. The Morgan fingerprint density at radius 2 is 1.29 bits per heavy atom. The summed E-state index contributed by atoms with van der Waals surface area (Å²) in [5, 5.41) is 8.55. The molecule has 0 saturated carbocycles. The Morgan fingerprint density at radius 1 is 0.800 bits per heavy atom. The molecule has 0 aliphatic carbocycles. The zero-order valence-corrected chi connectivity index (χ0v) is 24.1. The van der Waals surface area contributed by atoms with Crippen LogP contribution >= 0.6 is 54.5 Å². The summed E-state index contributed by atoms with van der Waals surface area (Å²) in [5.74, 6) is 1.08. The lowest BCUT2D eigenvalue weighted by Gasteiger charge is -2.07. The molecule has 0 amide bonds. The smallest absolute Gasteiger partial charge is 0.165 e. The van der Waals surface area contributed by atoms with Crippen molar-refractivity contribution < 1.29 is 18.6 Å². The minimum Gasteiger partial charge on any atom is -0.486 e. The summed E-state index contributed by atoms with van der Waals surface area (Å²) in [7, 11) is 0. The van der Waals surface area contributed by atoms with E-state index in [4.69, 9.17) is 9.84 Å². The first-order valence-corrected chi connectivity index (χ1v) is 12.7. The van der Waals surface area contributed by atoms with Crippen LogP contribution in [0.5, 0.6) is 5.75 Å². The van der Waals surface area contributed by atoms with Gasteiger partial charge in [-0.2, -0.15) is 0 Å². The van der Waals surface area contributed by atoms with Gasteiger partial charge in [-0.1, -0.05) is 31.9 Å². The molecule has 2 aromatic carbocycles. The zero-order valence-electron chi connectivity index (χ0n) is 18.7. The molecule has 2 heterocycles. The van der Waals surface area contributed by atoms with Crippen LogP contribution in [-0.4, -0.2) is 25.0 Å². The van der Waals surface area contributed by atoms with E-state index in [1.165, 1.54) is 12.1 Å². The van der Waals surface area contributed by atoms with Gasteiger partial charge in [-0.15, -0.1) is 0 Å². The summed E-state index contributed by atoms with van der Waals surface area (Å²) in [5.41, 5.74) is 1.55. The molecule has 6 nitrogen and oxygen atoms in total. The third-order valence-corrected chi connectivity index (χ3v) is 5.83. The molecule has 0 aliphatic rings. The molecule has 0 aliphatic heterocycles. The van der Waals surface area contributed by atoms with Crippen molar-refractivity contribution in [1.29, 1.82) is 0 Å². The minimum absolute atomic E-state index is 0.0142. The zero-order chi connectivity index (χ0) is 25.8. The molecule has 4 rings (SSSR count). The monoisotopic (exact) mass is 720 g/mol. The average Bonchev–Trinajstić information content (AvgIpc) is 2.84. The highest BCUT2D eigenvalue weighted by molar-refractivity contribution is 14.1. The Bertz CT molecular complexity index is 1220. The van der Waals surface area contributed by atoms with E-state index >= 15 is 0 Å². The predicted molar refractivity (Wildman–Crippen MR) is 145 cm³/mol. The number of benzene rings is 2. The minimum atomic E-state index is -0.388. The van der Waals surface area contributed by atoms with Gasteiger partial charge in [0.25, 0.3) is 0 Å². The van der Waals surface area contributed by atoms with Gasteiger partial charge in [0.2, 0.25) is 0 Å². The fourth-order valence-electron chi connectivity index (χ4n) is 2.21. The Kier molecular flexibility index (Phi) is 12.6. The van der Waals surface area contributed by atoms with Gasteiger partial charge in [0, 0.05) is 48.4 Å². The van der Waals surface area contributed by atoms with Crippen LogP contribution < -0.4 is 4.74 Å². The van der Waals surface area contributed by atoms with Gasteiger partial charge in [0.15, 0.2) is 11.6 Å². The van der Waals surface area contributed by atoms with Gasteiger partial charge in [0.05, 0.1) is 6.61 Å². The number of hydrogen-bond acceptors (Lipinski definition) is 6. The Labute approximate surface area is 232 Å². The van der Waals surface area contributed by atoms with Gasteiger partial charge >= 0.3 is 0 Å². The molecule has 184 valence electrons. The van der Waals surface area contributed by atoms with Gasteiger partial charge in [-0.3, -0.25) is 0 Å². The summed E-state index contributed by atoms with van der Waals surface area (Å²) in [6.07, 6.45) is 6.56. The van der Waals surface area contributed by atoms with Crippen LogP contribution in [0, 0.1) is 29.1 Å². The molecular weight excluding hydrogens is 701 g/mol. The summed E-state index contributed by atoms with van der Waals surface area (Å²) in [6.45, 7) is 3.87. The van der Waals surface area contributed by atoms with Crippen molar-refractivity contribution in [2.24, 2.45) is 0 Å². The maximum atomic E-state index is 13.4. The van der Waals surface area contributed by atoms with E-state index in [-0.39, 0.29) is 30.6 Å². The highest BCUT2D eigenvalue weighted by Crippen LogP contribution is 2.23. The Balaban J connectivity index is 0.000000203. The standard InChI is InChI=1S/C12H10BrFN2O.C6H3BrFI.C6H8N2O/c1-8-15-5-9(6-16-8)7-17-12-4-10(13)2-3-11(12)14;7-4-1-2-5(8)6(9)3-4;1-5-7-2-6(4-9)3-8-5/h2-6H,7H2,1H3;1-3H;2-3,9H,4H2,1H3. The first-order valence-electron chi connectivity index (χ1n) is 10.0. The van der Waals surface area contributed by atoms with E-state index in [9.17, 15) is 8.78 Å². The number of rotatable bonds is 4. The second kappa shape index (κ2) is 15.1. The summed E-state index contributed by atoms with van der Waals surface area (Å²) < 4.78 is 33.5. The average molecular weight is 722 g/mol. The van der Waals surface area contributed by atoms with Crippen LogP contribution in [0.15, 0.2) is 70.1 Å². The van der Waals surface area contributed by atoms with Crippen LogP contribution in [0.3, 0.4) is 0 Å². The molecular formula is C24H21Br2F2IN4O2. The lowest BCUT2D eigenvalue weighted by atomic mass is 10.3. The van der Waals surface area contributed by atoms with Crippen molar-refractivity contribution in [2.75, 3.05) is 0 Å². The second-order valence-electron chi connectivity index (χ2n) is 6.86. The molecule has 0 atom stereocenters. The number of aromatic nitrogens is 4. The molecule has 0 saturated heterocycles. The van der Waals surface area contributed by atoms with Crippen molar-refractivity contribution in [3.63, 3.8) is 0 Å². The molecule has 11 heteroatoms. The lowest BCUT2D eigenvalue weighted by molar-refractivity contribution is 0.281. The SMILES string of the molecule is Cc1ncc(CO)cn1.Cc1ncc(COc2cc(Br)ccc2F)cn1.Fc1ccc(Br)cc1I. The summed E-state index contributed by atoms with van der Waals surface area (Å²) in [4.78, 5) is 15.8. The quantitative estimate of drug-likeness (QED) is 0.186. The van der Waals surface area contributed by atoms with E-state index < -0.39 is 0 Å². The number of aliphatic hydroxyl groups is 1. The van der Waals surface area contributed by atoms with E-state index in [0.29, 0.717) is 9.39 Å². The Hall–Kier alpha value is -2.09. The lowest BCUT2D eigenvalue weighted by Crippen LogP contribution is -1.99. The van der Waals surface area contributed by atoms with Gasteiger partial charge in [0.1, 0.15) is 24.1 Å². The van der Waals surface area contributed by atoms with E-state index in [1.54, 1.807) is 62.9 Å². The third-order valence-electron chi connectivity index (χ3n) is 4.02. The van der Waals surface area contributed by atoms with Gasteiger partial charge < -0.3 is 9.84 Å². The number of halogens is 5. The highest BCUT2D eigenvalue weighted by Gasteiger charge is 2.04. The molecule has 0 radical (unpaired) electrons. The molecule has 35 heavy (non-hydrogen) atoms. The van der Waals surface area contributed by atoms with E-state index in [0.717, 1.165) is 25.9 Å². The summed E-state index contributed by atoms with van der Waals surface area (Å²) in [6, 6.07) is 9.41. The Morgan fingerprint density at radius 3 is 1.77 bits per heavy atom. The van der Waals surface area contributed by atoms with Crippen molar-refractivity contribution in [3.05, 3.63) is 108 Å². The van der Waals surface area contributed by atoms with Crippen LogP contribution in [0.25, 0.3) is 0 Å². The van der Waals surface area contributed by atoms with Crippen molar-refractivity contribution >= 4 is 54.5 Å².